The number of aromatic nitrogens is 4. The van der Waals surface area contributed by atoms with Gasteiger partial charge >= 0.3 is 5.69 Å². The Balaban J connectivity index is 1.91. The highest BCUT2D eigenvalue weighted by atomic mass is 32.2. The zero-order valence-corrected chi connectivity index (χ0v) is 15.7. The third kappa shape index (κ3) is 3.46. The molecule has 0 bridgehead atoms. The monoisotopic (exact) mass is 391 g/mol. The lowest BCUT2D eigenvalue weighted by Crippen LogP contribution is -2.41. The van der Waals surface area contributed by atoms with Gasteiger partial charge in [0.2, 0.25) is 10.0 Å². The molecule has 0 amide bonds. The largest absolute Gasteiger partial charge is 0.359 e. The van der Waals surface area contributed by atoms with Gasteiger partial charge in [-0.05, 0) is 12.1 Å². The minimum atomic E-state index is -4.15. The van der Waals surface area contributed by atoms with Crippen LogP contribution in [0.2, 0.25) is 0 Å². The molecule has 11 heteroatoms. The first-order valence-corrected chi connectivity index (χ1v) is 9.26. The number of aryl methyl sites for hydroxylation is 1. The molecule has 0 saturated heterocycles. The van der Waals surface area contributed by atoms with Crippen molar-refractivity contribution >= 4 is 10.0 Å². The highest BCUT2D eigenvalue weighted by Crippen LogP contribution is 2.19. The van der Waals surface area contributed by atoms with Gasteiger partial charge in [0.05, 0.1) is 12.2 Å². The van der Waals surface area contributed by atoms with Gasteiger partial charge in [0.25, 0.3) is 5.56 Å². The smallest absolute Gasteiger partial charge is 0.330 e. The van der Waals surface area contributed by atoms with Gasteiger partial charge in [-0.15, -0.1) is 0 Å². The molecule has 0 unspecified atom stereocenters. The molecule has 3 aromatic heterocycles. The predicted octanol–water partition coefficient (Wildman–Crippen LogP) is -0.0453. The molecule has 0 saturated carbocycles. The summed E-state index contributed by atoms with van der Waals surface area (Å²) in [5.74, 6) is 0.281. The lowest BCUT2D eigenvalue weighted by Gasteiger charge is -2.16. The third-order valence-electron chi connectivity index (χ3n) is 3.97. The molecule has 3 heterocycles. The lowest BCUT2D eigenvalue weighted by molar-refractivity contribution is 0.344. The minimum absolute atomic E-state index is 0.145. The molecule has 0 aromatic carbocycles. The highest BCUT2D eigenvalue weighted by molar-refractivity contribution is 7.89. The number of hydrogen-bond acceptors (Lipinski definition) is 7. The van der Waals surface area contributed by atoms with Gasteiger partial charge in [-0.3, -0.25) is 14.3 Å². The standard InChI is InChI=1S/C16H17N5O5S/c1-19-10-14(15(22)21(3)16(19)23)27(24,25)20(2)9-11-8-13(18-26-11)12-6-4-5-7-17-12/h4-8,10H,9H2,1-3H3. The average Bonchev–Trinajstić information content (AvgIpc) is 3.12. The van der Waals surface area contributed by atoms with Crippen LogP contribution in [-0.2, 0) is 30.7 Å². The maximum absolute atomic E-state index is 12.8. The van der Waals surface area contributed by atoms with Crippen LogP contribution in [0.1, 0.15) is 5.76 Å². The summed E-state index contributed by atoms with van der Waals surface area (Å²) in [6.45, 7) is -0.145. The van der Waals surface area contributed by atoms with Gasteiger partial charge in [0.1, 0.15) is 5.69 Å². The van der Waals surface area contributed by atoms with Crippen molar-refractivity contribution in [1.29, 1.82) is 0 Å². The van der Waals surface area contributed by atoms with E-state index in [2.05, 4.69) is 10.1 Å². The number of sulfonamides is 1. The Labute approximate surface area is 154 Å². The van der Waals surface area contributed by atoms with E-state index in [-0.39, 0.29) is 12.3 Å². The second kappa shape index (κ2) is 6.93. The van der Waals surface area contributed by atoms with E-state index in [4.69, 9.17) is 4.52 Å². The summed E-state index contributed by atoms with van der Waals surface area (Å²) >= 11 is 0. The van der Waals surface area contributed by atoms with Crippen LogP contribution < -0.4 is 11.2 Å². The number of nitrogens with zero attached hydrogens (tertiary/aromatic N) is 5. The maximum atomic E-state index is 12.8. The van der Waals surface area contributed by atoms with Crippen molar-refractivity contribution in [2.45, 2.75) is 11.4 Å². The topological polar surface area (TPSA) is 120 Å². The number of hydrogen-bond donors (Lipinski definition) is 0. The fraction of sp³-hybridized carbons (Fsp3) is 0.250. The quantitative estimate of drug-likeness (QED) is 0.598. The molecule has 0 N–H and O–H groups in total. The van der Waals surface area contributed by atoms with E-state index in [9.17, 15) is 18.0 Å². The number of pyridine rings is 1. The van der Waals surface area contributed by atoms with Gasteiger partial charge in [-0.1, -0.05) is 11.2 Å². The van der Waals surface area contributed by atoms with E-state index in [1.54, 1.807) is 30.5 Å². The van der Waals surface area contributed by atoms with Crippen molar-refractivity contribution in [1.82, 2.24) is 23.6 Å². The fourth-order valence-corrected chi connectivity index (χ4v) is 3.73. The summed E-state index contributed by atoms with van der Waals surface area (Å²) in [6, 6.07) is 6.88. The molecule has 3 rings (SSSR count). The minimum Gasteiger partial charge on any atom is -0.359 e. The Morgan fingerprint density at radius 3 is 2.59 bits per heavy atom. The summed E-state index contributed by atoms with van der Waals surface area (Å²) in [5.41, 5.74) is -0.451. The van der Waals surface area contributed by atoms with E-state index >= 15 is 0 Å². The first kappa shape index (κ1) is 18.7. The molecule has 0 aliphatic carbocycles. The van der Waals surface area contributed by atoms with Crippen molar-refractivity contribution in [3.8, 4) is 11.4 Å². The molecule has 27 heavy (non-hydrogen) atoms. The average molecular weight is 391 g/mol. The zero-order valence-electron chi connectivity index (χ0n) is 14.9. The van der Waals surface area contributed by atoms with Crippen LogP contribution in [0.25, 0.3) is 11.4 Å². The first-order chi connectivity index (χ1) is 12.7. The second-order valence-electron chi connectivity index (χ2n) is 5.91. The Morgan fingerprint density at radius 2 is 1.93 bits per heavy atom. The van der Waals surface area contributed by atoms with Crippen LogP contribution in [0.5, 0.6) is 0 Å². The Morgan fingerprint density at radius 1 is 1.19 bits per heavy atom. The molecular weight excluding hydrogens is 374 g/mol. The Kier molecular flexibility index (Phi) is 4.81. The molecule has 0 aliphatic rings. The van der Waals surface area contributed by atoms with E-state index in [1.807, 2.05) is 0 Å². The Bertz CT molecular complexity index is 1190. The van der Waals surface area contributed by atoms with Gasteiger partial charge in [0, 0.05) is 39.6 Å². The number of rotatable bonds is 5. The van der Waals surface area contributed by atoms with Gasteiger partial charge in [-0.25, -0.2) is 13.2 Å². The molecule has 10 nitrogen and oxygen atoms in total. The van der Waals surface area contributed by atoms with Gasteiger partial charge in [0.15, 0.2) is 10.7 Å². The summed E-state index contributed by atoms with van der Waals surface area (Å²) in [4.78, 5) is 27.6. The van der Waals surface area contributed by atoms with Crippen LogP contribution >= 0.6 is 0 Å². The first-order valence-electron chi connectivity index (χ1n) is 7.82. The fourth-order valence-electron chi connectivity index (χ4n) is 2.45. The summed E-state index contributed by atoms with van der Waals surface area (Å²) in [6.07, 6.45) is 2.62. The van der Waals surface area contributed by atoms with E-state index in [0.717, 1.165) is 19.6 Å². The zero-order chi connectivity index (χ0) is 19.8. The maximum Gasteiger partial charge on any atom is 0.330 e. The van der Waals surface area contributed by atoms with E-state index < -0.39 is 26.2 Å². The van der Waals surface area contributed by atoms with Crippen molar-refractivity contribution < 1.29 is 12.9 Å². The van der Waals surface area contributed by atoms with Crippen LogP contribution in [0, 0.1) is 0 Å². The second-order valence-corrected chi connectivity index (χ2v) is 7.92. The van der Waals surface area contributed by atoms with Crippen molar-refractivity contribution in [2.24, 2.45) is 14.1 Å². The van der Waals surface area contributed by atoms with Crippen LogP contribution in [0.3, 0.4) is 0 Å². The molecule has 0 fully saturated rings. The lowest BCUT2D eigenvalue weighted by atomic mass is 10.2. The highest BCUT2D eigenvalue weighted by Gasteiger charge is 2.27. The SMILES string of the molecule is CN(Cc1cc(-c2ccccn2)no1)S(=O)(=O)c1cn(C)c(=O)n(C)c1=O. The Hall–Kier alpha value is -3.05. The summed E-state index contributed by atoms with van der Waals surface area (Å²) < 4.78 is 33.5. The molecule has 3 aromatic rings. The molecule has 0 atom stereocenters. The van der Waals surface area contributed by atoms with Crippen molar-refractivity contribution in [3.05, 3.63) is 63.3 Å². The molecular formula is C16H17N5O5S. The van der Waals surface area contributed by atoms with Gasteiger partial charge < -0.3 is 9.09 Å². The molecule has 142 valence electrons. The summed E-state index contributed by atoms with van der Waals surface area (Å²) in [7, 11) is -0.247. The predicted molar refractivity (Wildman–Crippen MR) is 95.3 cm³/mol. The third-order valence-corrected chi connectivity index (χ3v) is 5.75. The molecule has 0 radical (unpaired) electrons. The molecule has 0 aliphatic heterocycles. The van der Waals surface area contributed by atoms with Crippen LogP contribution in [0.4, 0.5) is 0 Å². The molecule has 0 spiro atoms. The van der Waals surface area contributed by atoms with Crippen LogP contribution in [-0.4, -0.2) is 39.0 Å². The van der Waals surface area contributed by atoms with Crippen molar-refractivity contribution in [3.63, 3.8) is 0 Å². The van der Waals surface area contributed by atoms with Gasteiger partial charge in [-0.2, -0.15) is 4.31 Å². The summed E-state index contributed by atoms with van der Waals surface area (Å²) in [5, 5.41) is 3.88. The van der Waals surface area contributed by atoms with E-state index in [0.29, 0.717) is 11.4 Å². The van der Waals surface area contributed by atoms with Crippen LogP contribution in [0.15, 0.2) is 55.7 Å². The van der Waals surface area contributed by atoms with E-state index in [1.165, 1.54) is 21.1 Å². The normalized spacial score (nSPS) is 11.9. The van der Waals surface area contributed by atoms with Crippen molar-refractivity contribution in [2.75, 3.05) is 7.05 Å².